The number of benzene rings is 1. The van der Waals surface area contributed by atoms with Gasteiger partial charge in [0.05, 0.1) is 7.11 Å². The van der Waals surface area contributed by atoms with E-state index < -0.39 is 0 Å². The minimum atomic E-state index is -0.0897. The van der Waals surface area contributed by atoms with Crippen molar-refractivity contribution in [1.82, 2.24) is 20.2 Å². The smallest absolute Gasteiger partial charge is 0.249 e. The number of pyridine rings is 1. The fourth-order valence-corrected chi connectivity index (χ4v) is 2.94. The minimum Gasteiger partial charge on any atom is -0.496 e. The molecular formula is C18H17N5O2. The van der Waals surface area contributed by atoms with Gasteiger partial charge in [-0.1, -0.05) is 24.3 Å². The molecule has 4 rings (SSSR count). The molecule has 126 valence electrons. The van der Waals surface area contributed by atoms with Crippen LogP contribution < -0.4 is 10.1 Å². The summed E-state index contributed by atoms with van der Waals surface area (Å²) < 4.78 is 5.38. The zero-order valence-corrected chi connectivity index (χ0v) is 13.6. The number of rotatable bonds is 5. The number of hydrogen-bond donors (Lipinski definition) is 2. The van der Waals surface area contributed by atoms with Crippen molar-refractivity contribution in [2.75, 3.05) is 12.4 Å². The normalized spacial score (nSPS) is 18.6. The summed E-state index contributed by atoms with van der Waals surface area (Å²) in [6, 6.07) is 13.3. The van der Waals surface area contributed by atoms with Gasteiger partial charge in [-0.25, -0.2) is 0 Å². The first-order valence-electron chi connectivity index (χ1n) is 8.04. The second kappa shape index (κ2) is 6.35. The molecule has 1 aliphatic carbocycles. The summed E-state index contributed by atoms with van der Waals surface area (Å²) in [5.41, 5.74) is 1.74. The van der Waals surface area contributed by atoms with Crippen LogP contribution >= 0.6 is 0 Å². The predicted molar refractivity (Wildman–Crippen MR) is 92.1 cm³/mol. The number of nitrogens with one attached hydrogen (secondary N) is 2. The molecule has 0 spiro atoms. The van der Waals surface area contributed by atoms with Crippen LogP contribution in [0.15, 0.2) is 48.7 Å². The molecule has 1 aliphatic rings. The Kier molecular flexibility index (Phi) is 3.89. The first-order valence-corrected chi connectivity index (χ1v) is 8.04. The summed E-state index contributed by atoms with van der Waals surface area (Å²) in [7, 11) is 1.64. The molecule has 0 unspecified atom stereocenters. The number of hydrogen-bond acceptors (Lipinski definition) is 5. The van der Waals surface area contributed by atoms with E-state index in [9.17, 15) is 4.79 Å². The Bertz CT molecular complexity index is 893. The van der Waals surface area contributed by atoms with E-state index in [0.717, 1.165) is 17.7 Å². The number of ether oxygens (including phenoxy) is 1. The van der Waals surface area contributed by atoms with Gasteiger partial charge >= 0.3 is 0 Å². The van der Waals surface area contributed by atoms with Crippen LogP contribution in [0.3, 0.4) is 0 Å². The molecule has 1 aromatic carbocycles. The predicted octanol–water partition coefficient (Wildman–Crippen LogP) is 2.62. The Morgan fingerprint density at radius 3 is 2.88 bits per heavy atom. The molecule has 2 atom stereocenters. The SMILES string of the molecule is COc1ccccc1[C@H]1C[C@@H]1C(=O)Nc1n[nH]c(-c2ccccn2)n1. The maximum Gasteiger partial charge on any atom is 0.249 e. The molecule has 2 N–H and O–H groups in total. The molecule has 1 fully saturated rings. The number of para-hydroxylation sites is 1. The van der Waals surface area contributed by atoms with Gasteiger partial charge in [-0.3, -0.25) is 20.2 Å². The molecule has 2 heterocycles. The van der Waals surface area contributed by atoms with Gasteiger partial charge in [-0.2, -0.15) is 4.98 Å². The zero-order chi connectivity index (χ0) is 17.2. The highest BCUT2D eigenvalue weighted by atomic mass is 16.5. The first-order chi connectivity index (χ1) is 12.3. The number of methoxy groups -OCH3 is 1. The molecule has 7 heteroatoms. The first kappa shape index (κ1) is 15.3. The van der Waals surface area contributed by atoms with E-state index in [1.54, 1.807) is 13.3 Å². The topological polar surface area (TPSA) is 92.8 Å². The number of amides is 1. The highest BCUT2D eigenvalue weighted by Gasteiger charge is 2.45. The van der Waals surface area contributed by atoms with Crippen LogP contribution in [0.2, 0.25) is 0 Å². The molecule has 7 nitrogen and oxygen atoms in total. The van der Waals surface area contributed by atoms with Gasteiger partial charge in [0.15, 0.2) is 5.82 Å². The lowest BCUT2D eigenvalue weighted by Gasteiger charge is -2.07. The van der Waals surface area contributed by atoms with Gasteiger partial charge < -0.3 is 4.74 Å². The lowest BCUT2D eigenvalue weighted by Crippen LogP contribution is -2.15. The van der Waals surface area contributed by atoms with Crippen LogP contribution in [0.5, 0.6) is 5.75 Å². The van der Waals surface area contributed by atoms with Crippen LogP contribution in [0.1, 0.15) is 17.9 Å². The maximum absolute atomic E-state index is 12.4. The zero-order valence-electron chi connectivity index (χ0n) is 13.6. The third-order valence-electron chi connectivity index (χ3n) is 4.29. The van der Waals surface area contributed by atoms with Crippen molar-refractivity contribution in [3.63, 3.8) is 0 Å². The summed E-state index contributed by atoms with van der Waals surface area (Å²) in [6.45, 7) is 0. The van der Waals surface area contributed by atoms with E-state index in [4.69, 9.17) is 4.74 Å². The van der Waals surface area contributed by atoms with Gasteiger partial charge in [0.25, 0.3) is 0 Å². The molecule has 25 heavy (non-hydrogen) atoms. The van der Waals surface area contributed by atoms with Gasteiger partial charge in [0, 0.05) is 12.1 Å². The monoisotopic (exact) mass is 335 g/mol. The third-order valence-corrected chi connectivity index (χ3v) is 4.29. The summed E-state index contributed by atoms with van der Waals surface area (Å²) in [5, 5.41) is 9.60. The number of aromatic nitrogens is 4. The Morgan fingerprint density at radius 2 is 2.08 bits per heavy atom. The summed E-state index contributed by atoms with van der Waals surface area (Å²) in [6.07, 6.45) is 2.47. The number of carbonyl (C=O) groups is 1. The number of carbonyl (C=O) groups excluding carboxylic acids is 1. The molecule has 1 saturated carbocycles. The maximum atomic E-state index is 12.4. The highest BCUT2D eigenvalue weighted by molar-refractivity contribution is 5.94. The molecule has 0 saturated heterocycles. The Morgan fingerprint density at radius 1 is 1.24 bits per heavy atom. The van der Waals surface area contributed by atoms with Crippen LogP contribution in [-0.2, 0) is 4.79 Å². The van der Waals surface area contributed by atoms with E-state index in [2.05, 4.69) is 25.5 Å². The average molecular weight is 335 g/mol. The molecule has 2 aromatic heterocycles. The van der Waals surface area contributed by atoms with Crippen molar-refractivity contribution in [3.8, 4) is 17.3 Å². The van der Waals surface area contributed by atoms with E-state index >= 15 is 0 Å². The second-order valence-electron chi connectivity index (χ2n) is 5.90. The second-order valence-corrected chi connectivity index (χ2v) is 5.90. The van der Waals surface area contributed by atoms with Crippen molar-refractivity contribution in [2.24, 2.45) is 5.92 Å². The van der Waals surface area contributed by atoms with E-state index in [1.807, 2.05) is 42.5 Å². The minimum absolute atomic E-state index is 0.0810. The Hall–Kier alpha value is -3.22. The van der Waals surface area contributed by atoms with Crippen molar-refractivity contribution >= 4 is 11.9 Å². The fourth-order valence-electron chi connectivity index (χ4n) is 2.94. The quantitative estimate of drug-likeness (QED) is 0.747. The molecule has 0 aliphatic heterocycles. The molecule has 0 bridgehead atoms. The van der Waals surface area contributed by atoms with Crippen LogP contribution in [-0.4, -0.2) is 33.2 Å². The van der Waals surface area contributed by atoms with Gasteiger partial charge in [0.1, 0.15) is 11.4 Å². The van der Waals surface area contributed by atoms with Crippen molar-refractivity contribution in [3.05, 3.63) is 54.2 Å². The Balaban J connectivity index is 1.43. The van der Waals surface area contributed by atoms with E-state index in [1.165, 1.54) is 0 Å². The molecular weight excluding hydrogens is 318 g/mol. The number of aromatic amines is 1. The van der Waals surface area contributed by atoms with Crippen LogP contribution in [0.4, 0.5) is 5.95 Å². The van der Waals surface area contributed by atoms with E-state index in [-0.39, 0.29) is 23.7 Å². The lowest BCUT2D eigenvalue weighted by atomic mass is 10.1. The number of anilines is 1. The molecule has 1 amide bonds. The number of nitrogens with zero attached hydrogens (tertiary/aromatic N) is 3. The molecule has 3 aromatic rings. The van der Waals surface area contributed by atoms with Crippen molar-refractivity contribution in [1.29, 1.82) is 0 Å². The summed E-state index contributed by atoms with van der Waals surface area (Å²) in [5.74, 6) is 1.60. The van der Waals surface area contributed by atoms with Crippen LogP contribution in [0, 0.1) is 5.92 Å². The highest BCUT2D eigenvalue weighted by Crippen LogP contribution is 2.50. The van der Waals surface area contributed by atoms with Gasteiger partial charge in [0.2, 0.25) is 11.9 Å². The average Bonchev–Trinajstić information content (AvgIpc) is 3.34. The van der Waals surface area contributed by atoms with E-state index in [0.29, 0.717) is 11.5 Å². The van der Waals surface area contributed by atoms with Crippen molar-refractivity contribution in [2.45, 2.75) is 12.3 Å². The summed E-state index contributed by atoms with van der Waals surface area (Å²) in [4.78, 5) is 20.9. The standard InChI is InChI=1S/C18H17N5O2/c1-25-15-8-3-2-6-11(15)12-10-13(12)17(24)21-18-20-16(22-23-18)14-7-4-5-9-19-14/h2-9,12-13H,10H2,1H3,(H2,20,21,22,23,24)/t12-,13+/m1/s1. The summed E-state index contributed by atoms with van der Waals surface area (Å²) >= 11 is 0. The van der Waals surface area contributed by atoms with Gasteiger partial charge in [-0.05, 0) is 36.1 Å². The lowest BCUT2D eigenvalue weighted by molar-refractivity contribution is -0.117. The Labute approximate surface area is 144 Å². The molecule has 0 radical (unpaired) electrons. The fraction of sp³-hybridized carbons (Fsp3) is 0.222. The largest absolute Gasteiger partial charge is 0.496 e. The van der Waals surface area contributed by atoms with Crippen LogP contribution in [0.25, 0.3) is 11.5 Å². The van der Waals surface area contributed by atoms with Crippen molar-refractivity contribution < 1.29 is 9.53 Å². The van der Waals surface area contributed by atoms with Gasteiger partial charge in [-0.15, -0.1) is 5.10 Å². The third kappa shape index (κ3) is 3.08. The number of H-pyrrole nitrogens is 1.